The van der Waals surface area contributed by atoms with Gasteiger partial charge in [0.05, 0.1) is 11.1 Å². The van der Waals surface area contributed by atoms with Crippen LogP contribution in [0, 0.1) is 11.8 Å². The second-order valence-electron chi connectivity index (χ2n) is 4.97. The Morgan fingerprint density at radius 3 is 2.88 bits per heavy atom. The molecule has 1 aromatic heterocycles. The molecule has 3 nitrogen and oxygen atoms in total. The van der Waals surface area contributed by atoms with E-state index >= 15 is 0 Å². The molecular weight excluding hydrogens is 230 g/mol. The maximum absolute atomic E-state index is 4.02. The van der Waals surface area contributed by atoms with Crippen LogP contribution in [0.3, 0.4) is 0 Å². The zero-order valence-corrected chi connectivity index (χ0v) is 11.7. The molecule has 3 unspecified atom stereocenters. The van der Waals surface area contributed by atoms with Gasteiger partial charge < -0.3 is 5.32 Å². The number of hydrogen-bond donors (Lipinski definition) is 1. The van der Waals surface area contributed by atoms with Crippen molar-refractivity contribution in [3.8, 4) is 0 Å². The van der Waals surface area contributed by atoms with Crippen molar-refractivity contribution >= 4 is 11.5 Å². The first kappa shape index (κ1) is 13.0. The zero-order chi connectivity index (χ0) is 12.1. The molecule has 96 valence electrons. The highest BCUT2D eigenvalue weighted by Gasteiger charge is 2.32. The normalized spacial score (nSPS) is 26.9. The topological polar surface area (TPSA) is 37.8 Å². The van der Waals surface area contributed by atoms with E-state index in [1.54, 1.807) is 11.5 Å². The van der Waals surface area contributed by atoms with Gasteiger partial charge in [0.15, 0.2) is 0 Å². The number of rotatable bonds is 5. The SMILES string of the molecule is CCNC(c1cnns1)C1CCCCC1CC. The highest BCUT2D eigenvalue weighted by molar-refractivity contribution is 7.05. The Labute approximate surface area is 108 Å². The summed E-state index contributed by atoms with van der Waals surface area (Å²) >= 11 is 1.55. The Morgan fingerprint density at radius 1 is 1.41 bits per heavy atom. The van der Waals surface area contributed by atoms with Crippen LogP contribution in [0.1, 0.15) is 56.9 Å². The van der Waals surface area contributed by atoms with E-state index in [0.717, 1.165) is 18.4 Å². The maximum Gasteiger partial charge on any atom is 0.0669 e. The summed E-state index contributed by atoms with van der Waals surface area (Å²) < 4.78 is 4.02. The maximum atomic E-state index is 4.02. The van der Waals surface area contributed by atoms with Crippen LogP contribution in [-0.2, 0) is 0 Å². The second kappa shape index (κ2) is 6.45. The fourth-order valence-corrected chi connectivity index (χ4v) is 3.83. The van der Waals surface area contributed by atoms with Gasteiger partial charge in [0.25, 0.3) is 0 Å². The van der Waals surface area contributed by atoms with Crippen molar-refractivity contribution in [3.05, 3.63) is 11.1 Å². The largest absolute Gasteiger partial charge is 0.309 e. The van der Waals surface area contributed by atoms with Crippen LogP contribution in [0.25, 0.3) is 0 Å². The minimum atomic E-state index is 0.477. The predicted molar refractivity (Wildman–Crippen MR) is 72.1 cm³/mol. The summed E-state index contributed by atoms with van der Waals surface area (Å²) in [6, 6.07) is 0.477. The van der Waals surface area contributed by atoms with E-state index in [4.69, 9.17) is 0 Å². The minimum Gasteiger partial charge on any atom is -0.309 e. The Hall–Kier alpha value is -0.480. The molecule has 0 radical (unpaired) electrons. The third-order valence-corrected chi connectivity index (χ3v) is 4.78. The molecule has 1 aromatic rings. The van der Waals surface area contributed by atoms with E-state index in [1.807, 2.05) is 6.20 Å². The van der Waals surface area contributed by atoms with Gasteiger partial charge in [-0.25, -0.2) is 0 Å². The average Bonchev–Trinajstić information content (AvgIpc) is 2.89. The second-order valence-corrected chi connectivity index (χ2v) is 5.79. The van der Waals surface area contributed by atoms with Crippen molar-refractivity contribution in [2.45, 2.75) is 52.0 Å². The Kier molecular flexibility index (Phi) is 4.92. The lowest BCUT2D eigenvalue weighted by Crippen LogP contribution is -2.34. The van der Waals surface area contributed by atoms with Crippen LogP contribution in [-0.4, -0.2) is 16.1 Å². The van der Waals surface area contributed by atoms with Crippen molar-refractivity contribution in [1.82, 2.24) is 14.9 Å². The van der Waals surface area contributed by atoms with Gasteiger partial charge in [0, 0.05) is 6.04 Å². The minimum absolute atomic E-state index is 0.477. The quantitative estimate of drug-likeness (QED) is 0.874. The van der Waals surface area contributed by atoms with Crippen LogP contribution >= 0.6 is 11.5 Å². The van der Waals surface area contributed by atoms with Gasteiger partial charge in [-0.1, -0.05) is 44.0 Å². The van der Waals surface area contributed by atoms with E-state index in [2.05, 4.69) is 28.8 Å². The number of nitrogens with zero attached hydrogens (tertiary/aromatic N) is 2. The van der Waals surface area contributed by atoms with Gasteiger partial charge in [0.1, 0.15) is 0 Å². The van der Waals surface area contributed by atoms with Gasteiger partial charge in [-0.3, -0.25) is 0 Å². The monoisotopic (exact) mass is 253 g/mol. The molecule has 17 heavy (non-hydrogen) atoms. The summed E-state index contributed by atoms with van der Waals surface area (Å²) in [7, 11) is 0. The van der Waals surface area contributed by atoms with Gasteiger partial charge in [-0.2, -0.15) is 0 Å². The number of hydrogen-bond acceptors (Lipinski definition) is 4. The molecule has 1 heterocycles. The van der Waals surface area contributed by atoms with E-state index < -0.39 is 0 Å². The summed E-state index contributed by atoms with van der Waals surface area (Å²) in [4.78, 5) is 1.32. The highest BCUT2D eigenvalue weighted by atomic mass is 32.1. The zero-order valence-electron chi connectivity index (χ0n) is 10.9. The molecule has 1 aliphatic carbocycles. The van der Waals surface area contributed by atoms with E-state index in [1.165, 1.54) is 37.0 Å². The standard InChI is InChI=1S/C13H23N3S/c1-3-10-7-5-6-8-11(10)13(14-4-2)12-9-15-16-17-12/h9-11,13-14H,3-8H2,1-2H3. The van der Waals surface area contributed by atoms with Crippen molar-refractivity contribution in [2.24, 2.45) is 11.8 Å². The molecule has 0 bridgehead atoms. The first-order chi connectivity index (χ1) is 8.36. The lowest BCUT2D eigenvalue weighted by molar-refractivity contribution is 0.178. The molecule has 0 spiro atoms. The molecular formula is C13H23N3S. The lowest BCUT2D eigenvalue weighted by atomic mass is 9.73. The molecule has 0 saturated heterocycles. The smallest absolute Gasteiger partial charge is 0.0669 e. The predicted octanol–water partition coefficient (Wildman–Crippen LogP) is 3.41. The third kappa shape index (κ3) is 3.05. The molecule has 4 heteroatoms. The first-order valence-electron chi connectivity index (χ1n) is 6.87. The molecule has 1 fully saturated rings. The molecule has 0 amide bonds. The molecule has 2 rings (SSSR count). The van der Waals surface area contributed by atoms with Crippen LogP contribution in [0.5, 0.6) is 0 Å². The lowest BCUT2D eigenvalue weighted by Gasteiger charge is -2.36. The van der Waals surface area contributed by atoms with Crippen molar-refractivity contribution in [3.63, 3.8) is 0 Å². The van der Waals surface area contributed by atoms with Gasteiger partial charge in [-0.15, -0.1) is 5.10 Å². The van der Waals surface area contributed by atoms with Crippen LogP contribution < -0.4 is 5.32 Å². The summed E-state index contributed by atoms with van der Waals surface area (Å²) in [6.45, 7) is 5.54. The van der Waals surface area contributed by atoms with Crippen molar-refractivity contribution in [1.29, 1.82) is 0 Å². The van der Waals surface area contributed by atoms with Crippen LogP contribution in [0.4, 0.5) is 0 Å². The fourth-order valence-electron chi connectivity index (χ4n) is 3.18. The van der Waals surface area contributed by atoms with Crippen LogP contribution in [0.15, 0.2) is 6.20 Å². The Morgan fingerprint density at radius 2 is 2.24 bits per heavy atom. The van der Waals surface area contributed by atoms with E-state index in [0.29, 0.717) is 6.04 Å². The summed E-state index contributed by atoms with van der Waals surface area (Å²) in [5.41, 5.74) is 0. The summed E-state index contributed by atoms with van der Waals surface area (Å²) in [5, 5.41) is 7.65. The molecule has 0 aliphatic heterocycles. The van der Waals surface area contributed by atoms with Gasteiger partial charge >= 0.3 is 0 Å². The molecule has 0 aromatic carbocycles. The molecule has 1 saturated carbocycles. The van der Waals surface area contributed by atoms with Crippen molar-refractivity contribution < 1.29 is 0 Å². The van der Waals surface area contributed by atoms with Gasteiger partial charge in [-0.05, 0) is 36.3 Å². The summed E-state index contributed by atoms with van der Waals surface area (Å²) in [5.74, 6) is 1.64. The molecule has 3 atom stereocenters. The summed E-state index contributed by atoms with van der Waals surface area (Å²) in [6.07, 6.45) is 8.80. The van der Waals surface area contributed by atoms with E-state index in [-0.39, 0.29) is 0 Å². The number of nitrogens with one attached hydrogen (secondary N) is 1. The third-order valence-electron chi connectivity index (χ3n) is 4.03. The Bertz CT molecular complexity index is 312. The van der Waals surface area contributed by atoms with Crippen LogP contribution in [0.2, 0.25) is 0 Å². The highest BCUT2D eigenvalue weighted by Crippen LogP contribution is 2.40. The number of aromatic nitrogens is 2. The van der Waals surface area contributed by atoms with E-state index in [9.17, 15) is 0 Å². The van der Waals surface area contributed by atoms with Gasteiger partial charge in [0.2, 0.25) is 0 Å². The molecule has 1 aliphatic rings. The Balaban J connectivity index is 2.13. The first-order valence-corrected chi connectivity index (χ1v) is 7.64. The molecule has 1 N–H and O–H groups in total. The fraction of sp³-hybridized carbons (Fsp3) is 0.846. The van der Waals surface area contributed by atoms with Crippen molar-refractivity contribution in [2.75, 3.05) is 6.54 Å². The average molecular weight is 253 g/mol.